The molecule has 6 nitrogen and oxygen atoms in total. The molecule has 0 aliphatic carbocycles. The first kappa shape index (κ1) is 18.8. The monoisotopic (exact) mass is 336 g/mol. The van der Waals surface area contributed by atoms with Gasteiger partial charge in [0.15, 0.2) is 0 Å². The minimum absolute atomic E-state index is 0.0189. The van der Waals surface area contributed by atoms with Crippen LogP contribution in [0, 0.1) is 10.8 Å². The van der Waals surface area contributed by atoms with E-state index in [9.17, 15) is 4.79 Å². The number of methoxy groups -OCH3 is 1. The SMILES string of the molecule is COCCn1cc(CNC(=O)N2CCC(C)(C)CC(C)(C)C2)cn1. The van der Waals surface area contributed by atoms with Gasteiger partial charge in [-0.2, -0.15) is 5.10 Å². The molecule has 0 unspecified atom stereocenters. The van der Waals surface area contributed by atoms with Gasteiger partial charge in [0, 0.05) is 38.5 Å². The summed E-state index contributed by atoms with van der Waals surface area (Å²) in [6.45, 7) is 12.6. The van der Waals surface area contributed by atoms with Gasteiger partial charge in [-0.3, -0.25) is 4.68 Å². The van der Waals surface area contributed by atoms with Crippen molar-refractivity contribution in [1.82, 2.24) is 20.0 Å². The molecule has 1 fully saturated rings. The lowest BCUT2D eigenvalue weighted by Gasteiger charge is -2.32. The third kappa shape index (κ3) is 5.51. The molecule has 2 heterocycles. The Morgan fingerprint density at radius 3 is 2.79 bits per heavy atom. The van der Waals surface area contributed by atoms with E-state index in [0.717, 1.165) is 38.0 Å². The lowest BCUT2D eigenvalue weighted by atomic mass is 9.75. The van der Waals surface area contributed by atoms with Crippen LogP contribution in [0.3, 0.4) is 0 Å². The highest BCUT2D eigenvalue weighted by Crippen LogP contribution is 2.39. The molecule has 1 aromatic heterocycles. The summed E-state index contributed by atoms with van der Waals surface area (Å²) in [6.07, 6.45) is 5.93. The second-order valence-corrected chi connectivity index (χ2v) is 8.44. The van der Waals surface area contributed by atoms with E-state index in [0.29, 0.717) is 13.2 Å². The molecule has 24 heavy (non-hydrogen) atoms. The highest BCUT2D eigenvalue weighted by Gasteiger charge is 2.35. The Balaban J connectivity index is 1.88. The maximum Gasteiger partial charge on any atom is 0.317 e. The lowest BCUT2D eigenvalue weighted by Crippen LogP contribution is -2.43. The normalized spacial score (nSPS) is 19.8. The van der Waals surface area contributed by atoms with Crippen LogP contribution in [-0.2, 0) is 17.8 Å². The third-order valence-electron chi connectivity index (χ3n) is 4.58. The van der Waals surface area contributed by atoms with E-state index < -0.39 is 0 Å². The molecular formula is C18H32N4O2. The van der Waals surface area contributed by atoms with E-state index in [-0.39, 0.29) is 16.9 Å². The number of aromatic nitrogens is 2. The summed E-state index contributed by atoms with van der Waals surface area (Å²) in [5.41, 5.74) is 1.43. The topological polar surface area (TPSA) is 59.4 Å². The van der Waals surface area contributed by atoms with Crippen molar-refractivity contribution in [2.45, 2.75) is 53.6 Å². The van der Waals surface area contributed by atoms with E-state index in [1.54, 1.807) is 13.3 Å². The molecule has 1 aliphatic heterocycles. The zero-order valence-electron chi connectivity index (χ0n) is 15.8. The minimum atomic E-state index is 0.0189. The number of rotatable bonds is 5. The van der Waals surface area contributed by atoms with Crippen molar-refractivity contribution in [3.8, 4) is 0 Å². The minimum Gasteiger partial charge on any atom is -0.383 e. The number of carbonyl (C=O) groups excluding carboxylic acids is 1. The van der Waals surface area contributed by atoms with Gasteiger partial charge < -0.3 is 15.0 Å². The Hall–Kier alpha value is -1.56. The fourth-order valence-electron chi connectivity index (χ4n) is 3.74. The Kier molecular flexibility index (Phi) is 5.91. The summed E-state index contributed by atoms with van der Waals surface area (Å²) >= 11 is 0. The number of amides is 2. The molecule has 6 heteroatoms. The largest absolute Gasteiger partial charge is 0.383 e. The van der Waals surface area contributed by atoms with Gasteiger partial charge in [-0.1, -0.05) is 27.7 Å². The van der Waals surface area contributed by atoms with Crippen molar-refractivity contribution >= 4 is 6.03 Å². The first-order valence-corrected chi connectivity index (χ1v) is 8.74. The van der Waals surface area contributed by atoms with Gasteiger partial charge >= 0.3 is 6.03 Å². The highest BCUT2D eigenvalue weighted by molar-refractivity contribution is 5.74. The summed E-state index contributed by atoms with van der Waals surface area (Å²) in [5, 5.41) is 7.31. The standard InChI is InChI=1S/C18H32N4O2/c1-17(2)6-7-21(14-18(3,4)13-17)16(23)19-10-15-11-20-22(12-15)8-9-24-5/h11-12H,6-10,13-14H2,1-5H3,(H,19,23). The molecule has 1 aromatic rings. The fourth-order valence-corrected chi connectivity index (χ4v) is 3.74. The molecule has 1 saturated heterocycles. The molecule has 0 radical (unpaired) electrons. The molecule has 1 N–H and O–H groups in total. The molecule has 0 aromatic carbocycles. The van der Waals surface area contributed by atoms with Crippen LogP contribution >= 0.6 is 0 Å². The van der Waals surface area contributed by atoms with Crippen LogP contribution in [0.1, 0.15) is 46.1 Å². The van der Waals surface area contributed by atoms with Gasteiger partial charge in [0.25, 0.3) is 0 Å². The van der Waals surface area contributed by atoms with Gasteiger partial charge in [0.05, 0.1) is 19.3 Å². The summed E-state index contributed by atoms with van der Waals surface area (Å²) in [7, 11) is 1.68. The summed E-state index contributed by atoms with van der Waals surface area (Å²) < 4.78 is 6.88. The lowest BCUT2D eigenvalue weighted by molar-refractivity contribution is 0.169. The number of likely N-dealkylation sites (tertiary alicyclic amines) is 1. The number of urea groups is 1. The average Bonchev–Trinajstić information content (AvgIpc) is 2.89. The number of carbonyl (C=O) groups is 1. The molecular weight excluding hydrogens is 304 g/mol. The van der Waals surface area contributed by atoms with E-state index in [1.165, 1.54) is 0 Å². The van der Waals surface area contributed by atoms with Gasteiger partial charge in [-0.15, -0.1) is 0 Å². The van der Waals surface area contributed by atoms with E-state index in [1.807, 2.05) is 15.8 Å². The van der Waals surface area contributed by atoms with Gasteiger partial charge in [0.1, 0.15) is 0 Å². The van der Waals surface area contributed by atoms with Gasteiger partial charge in [-0.05, 0) is 23.7 Å². The van der Waals surface area contributed by atoms with Crippen molar-refractivity contribution in [3.63, 3.8) is 0 Å². The van der Waals surface area contributed by atoms with Crippen LogP contribution in [0.25, 0.3) is 0 Å². The van der Waals surface area contributed by atoms with E-state index in [2.05, 4.69) is 38.1 Å². The number of nitrogens with one attached hydrogen (secondary N) is 1. The van der Waals surface area contributed by atoms with Crippen molar-refractivity contribution < 1.29 is 9.53 Å². The summed E-state index contributed by atoms with van der Waals surface area (Å²) in [5.74, 6) is 0. The van der Waals surface area contributed by atoms with Crippen LogP contribution < -0.4 is 5.32 Å². The molecule has 1 aliphatic rings. The zero-order valence-corrected chi connectivity index (χ0v) is 15.8. The molecule has 0 spiro atoms. The predicted molar refractivity (Wildman–Crippen MR) is 94.7 cm³/mol. The Labute approximate surface area is 145 Å². The number of hydrogen-bond donors (Lipinski definition) is 1. The van der Waals surface area contributed by atoms with Crippen LogP contribution in [-0.4, -0.2) is 47.5 Å². The quantitative estimate of drug-likeness (QED) is 0.899. The second kappa shape index (κ2) is 7.55. The Bertz CT molecular complexity index is 551. The van der Waals surface area contributed by atoms with Gasteiger partial charge in [0.2, 0.25) is 0 Å². The molecule has 2 amide bonds. The number of hydrogen-bond acceptors (Lipinski definition) is 3. The predicted octanol–water partition coefficient (Wildman–Crippen LogP) is 2.89. The van der Waals surface area contributed by atoms with Crippen molar-refractivity contribution in [2.75, 3.05) is 26.8 Å². The first-order valence-electron chi connectivity index (χ1n) is 8.74. The van der Waals surface area contributed by atoms with Crippen molar-refractivity contribution in [1.29, 1.82) is 0 Å². The van der Waals surface area contributed by atoms with Crippen LogP contribution in [0.4, 0.5) is 4.79 Å². The number of nitrogens with zero attached hydrogens (tertiary/aromatic N) is 3. The van der Waals surface area contributed by atoms with Crippen molar-refractivity contribution in [2.24, 2.45) is 10.8 Å². The zero-order chi connectivity index (χ0) is 17.8. The highest BCUT2D eigenvalue weighted by atomic mass is 16.5. The van der Waals surface area contributed by atoms with Crippen molar-refractivity contribution in [3.05, 3.63) is 18.0 Å². The fraction of sp³-hybridized carbons (Fsp3) is 0.778. The number of ether oxygens (including phenoxy) is 1. The van der Waals surface area contributed by atoms with Crippen LogP contribution in [0.5, 0.6) is 0 Å². The Morgan fingerprint density at radius 2 is 2.08 bits per heavy atom. The third-order valence-corrected chi connectivity index (χ3v) is 4.58. The maximum absolute atomic E-state index is 12.6. The average molecular weight is 336 g/mol. The summed E-state index contributed by atoms with van der Waals surface area (Å²) in [6, 6.07) is 0.0189. The Morgan fingerprint density at radius 1 is 1.33 bits per heavy atom. The maximum atomic E-state index is 12.6. The second-order valence-electron chi connectivity index (χ2n) is 8.44. The van der Waals surface area contributed by atoms with E-state index in [4.69, 9.17) is 4.74 Å². The first-order chi connectivity index (χ1) is 11.2. The smallest absolute Gasteiger partial charge is 0.317 e. The molecule has 0 bridgehead atoms. The van der Waals surface area contributed by atoms with Gasteiger partial charge in [-0.25, -0.2) is 4.79 Å². The molecule has 2 rings (SSSR count). The molecule has 0 saturated carbocycles. The molecule has 136 valence electrons. The molecule has 0 atom stereocenters. The summed E-state index contributed by atoms with van der Waals surface area (Å²) in [4.78, 5) is 14.5. The van der Waals surface area contributed by atoms with Crippen LogP contribution in [0.15, 0.2) is 12.4 Å². The van der Waals surface area contributed by atoms with E-state index >= 15 is 0 Å². The van der Waals surface area contributed by atoms with Crippen LogP contribution in [0.2, 0.25) is 0 Å².